The molecule has 0 bridgehead atoms. The van der Waals surface area contributed by atoms with Gasteiger partial charge < -0.3 is 4.90 Å². The number of hydrogen-bond acceptors (Lipinski definition) is 4. The zero-order valence-electron chi connectivity index (χ0n) is 11.9. The molecule has 2 fully saturated rings. The molecule has 0 N–H and O–H groups in total. The van der Waals surface area contributed by atoms with E-state index in [0.717, 1.165) is 11.8 Å². The van der Waals surface area contributed by atoms with Crippen molar-refractivity contribution >= 4 is 23.6 Å². The van der Waals surface area contributed by atoms with E-state index < -0.39 is 0 Å². The van der Waals surface area contributed by atoms with Crippen LogP contribution in [0.15, 0.2) is 0 Å². The minimum atomic E-state index is 0.00392. The monoisotopic (exact) mass is 284 g/mol. The molecule has 0 unspecified atom stereocenters. The Balaban J connectivity index is 1.74. The number of rotatable bonds is 6. The van der Waals surface area contributed by atoms with Crippen molar-refractivity contribution < 1.29 is 9.59 Å². The van der Waals surface area contributed by atoms with Crippen molar-refractivity contribution in [3.8, 4) is 0 Å². The van der Waals surface area contributed by atoms with Crippen molar-refractivity contribution in [3.63, 3.8) is 0 Å². The highest BCUT2D eigenvalue weighted by Crippen LogP contribution is 2.32. The van der Waals surface area contributed by atoms with E-state index in [1.54, 1.807) is 0 Å². The molecule has 2 atom stereocenters. The van der Waals surface area contributed by atoms with E-state index in [4.69, 9.17) is 0 Å². The lowest BCUT2D eigenvalue weighted by Gasteiger charge is -2.26. The summed E-state index contributed by atoms with van der Waals surface area (Å²) in [5.74, 6) is 1.20. The summed E-state index contributed by atoms with van der Waals surface area (Å²) in [6.45, 7) is 3.59. The van der Waals surface area contributed by atoms with Gasteiger partial charge in [-0.05, 0) is 32.1 Å². The lowest BCUT2D eigenvalue weighted by molar-refractivity contribution is -0.138. The normalized spacial score (nSPS) is 27.8. The smallest absolute Gasteiger partial charge is 0.229 e. The number of nitrogens with zero attached hydrogens (tertiary/aromatic N) is 2. The first-order chi connectivity index (χ1) is 9.11. The van der Waals surface area contributed by atoms with Gasteiger partial charge >= 0.3 is 0 Å². The predicted octanol–water partition coefficient (Wildman–Crippen LogP) is 1.74. The molecule has 1 saturated heterocycles. The summed E-state index contributed by atoms with van der Waals surface area (Å²) in [5.41, 5.74) is 0. The van der Waals surface area contributed by atoms with Gasteiger partial charge in [-0.15, -0.1) is 0 Å². The van der Waals surface area contributed by atoms with Crippen LogP contribution in [-0.2, 0) is 9.59 Å². The Morgan fingerprint density at radius 2 is 1.95 bits per heavy atom. The number of carbonyl (C=O) groups is 2. The van der Waals surface area contributed by atoms with Gasteiger partial charge in [0.25, 0.3) is 0 Å². The van der Waals surface area contributed by atoms with Crippen LogP contribution in [0.4, 0.5) is 0 Å². The Morgan fingerprint density at radius 3 is 2.58 bits per heavy atom. The first kappa shape index (κ1) is 14.9. The topological polar surface area (TPSA) is 40.6 Å². The van der Waals surface area contributed by atoms with Gasteiger partial charge in [0.15, 0.2) is 0 Å². The minimum absolute atomic E-state index is 0.00392. The summed E-state index contributed by atoms with van der Waals surface area (Å²) in [4.78, 5) is 26.8. The molecular formula is C14H24N2O2S. The third-order valence-corrected chi connectivity index (χ3v) is 5.45. The fraction of sp³-hybridized carbons (Fsp3) is 0.857. The van der Waals surface area contributed by atoms with Gasteiger partial charge in [-0.3, -0.25) is 14.5 Å². The van der Waals surface area contributed by atoms with Gasteiger partial charge in [-0.2, -0.15) is 11.8 Å². The van der Waals surface area contributed by atoms with Gasteiger partial charge in [-0.25, -0.2) is 0 Å². The molecule has 1 aliphatic heterocycles. The quantitative estimate of drug-likeness (QED) is 0.697. The van der Waals surface area contributed by atoms with E-state index >= 15 is 0 Å². The summed E-state index contributed by atoms with van der Waals surface area (Å²) in [6, 6.07) is 0.622. The molecule has 19 heavy (non-hydrogen) atoms. The molecule has 5 heteroatoms. The van der Waals surface area contributed by atoms with Gasteiger partial charge in [-0.1, -0.05) is 6.92 Å². The number of amides is 2. The van der Waals surface area contributed by atoms with Crippen LogP contribution in [0.25, 0.3) is 0 Å². The second kappa shape index (κ2) is 6.75. The second-order valence-corrected chi connectivity index (χ2v) is 7.04. The van der Waals surface area contributed by atoms with Crippen LogP contribution in [-0.4, -0.2) is 58.8 Å². The Morgan fingerprint density at radius 1 is 1.26 bits per heavy atom. The molecule has 0 aromatic carbocycles. The van der Waals surface area contributed by atoms with Crippen molar-refractivity contribution in [2.75, 3.05) is 25.9 Å². The van der Waals surface area contributed by atoms with E-state index in [0.29, 0.717) is 25.4 Å². The van der Waals surface area contributed by atoms with Crippen LogP contribution in [0, 0.1) is 0 Å². The van der Waals surface area contributed by atoms with Crippen molar-refractivity contribution in [1.29, 1.82) is 0 Å². The third kappa shape index (κ3) is 3.72. The van der Waals surface area contributed by atoms with E-state index in [-0.39, 0.29) is 11.8 Å². The molecular weight excluding hydrogens is 260 g/mol. The maximum absolute atomic E-state index is 11.5. The highest BCUT2D eigenvalue weighted by molar-refractivity contribution is 7.99. The highest BCUT2D eigenvalue weighted by Gasteiger charge is 2.31. The van der Waals surface area contributed by atoms with Crippen LogP contribution in [0.1, 0.15) is 39.0 Å². The molecule has 1 saturated carbocycles. The number of carbonyl (C=O) groups excluding carboxylic acids is 2. The molecule has 2 rings (SSSR count). The van der Waals surface area contributed by atoms with Gasteiger partial charge in [0.05, 0.1) is 0 Å². The van der Waals surface area contributed by atoms with Gasteiger partial charge in [0.2, 0.25) is 11.8 Å². The van der Waals surface area contributed by atoms with E-state index in [1.165, 1.54) is 29.9 Å². The molecule has 4 nitrogen and oxygen atoms in total. The largest absolute Gasteiger partial charge is 0.302 e. The number of imide groups is 1. The first-order valence-corrected chi connectivity index (χ1v) is 8.31. The molecule has 1 aliphatic carbocycles. The van der Waals surface area contributed by atoms with Crippen LogP contribution in [0.5, 0.6) is 0 Å². The summed E-state index contributed by atoms with van der Waals surface area (Å²) in [6.07, 6.45) is 4.60. The lowest BCUT2D eigenvalue weighted by Crippen LogP contribution is -2.39. The van der Waals surface area contributed by atoms with Crippen molar-refractivity contribution in [2.45, 2.75) is 50.3 Å². The molecule has 0 spiro atoms. The Bertz CT molecular complexity index is 332. The fourth-order valence-electron chi connectivity index (χ4n) is 3.02. The summed E-state index contributed by atoms with van der Waals surface area (Å²) >= 11 is 2.06. The summed E-state index contributed by atoms with van der Waals surface area (Å²) < 4.78 is 0. The van der Waals surface area contributed by atoms with Crippen LogP contribution < -0.4 is 0 Å². The molecule has 1 heterocycles. The average molecular weight is 284 g/mol. The third-order valence-electron chi connectivity index (χ3n) is 4.21. The summed E-state index contributed by atoms with van der Waals surface area (Å²) in [5, 5.41) is 0.799. The number of hydrogen-bond donors (Lipinski definition) is 0. The summed E-state index contributed by atoms with van der Waals surface area (Å²) in [7, 11) is 2.12. The van der Waals surface area contributed by atoms with Crippen LogP contribution in [0.2, 0.25) is 0 Å². The molecule has 0 aromatic rings. The van der Waals surface area contributed by atoms with Crippen LogP contribution in [0.3, 0.4) is 0 Å². The molecule has 0 aromatic heterocycles. The average Bonchev–Trinajstić information content (AvgIpc) is 2.96. The predicted molar refractivity (Wildman–Crippen MR) is 78.1 cm³/mol. The Hall–Kier alpha value is -0.550. The van der Waals surface area contributed by atoms with Crippen LogP contribution >= 0.6 is 11.8 Å². The van der Waals surface area contributed by atoms with E-state index in [1.807, 2.05) is 0 Å². The molecule has 2 aliphatic rings. The molecule has 108 valence electrons. The van der Waals surface area contributed by atoms with Crippen molar-refractivity contribution in [2.24, 2.45) is 0 Å². The van der Waals surface area contributed by atoms with Crippen molar-refractivity contribution in [3.05, 3.63) is 0 Å². The van der Waals surface area contributed by atoms with Gasteiger partial charge in [0.1, 0.15) is 0 Å². The zero-order chi connectivity index (χ0) is 13.8. The Kier molecular flexibility index (Phi) is 5.28. The lowest BCUT2D eigenvalue weighted by atomic mass is 10.2. The maximum Gasteiger partial charge on any atom is 0.229 e. The van der Waals surface area contributed by atoms with Gasteiger partial charge in [0, 0.05) is 37.2 Å². The SMILES string of the molecule is CCS[C@H]1CC[C@H](N(C)CCN2C(=O)CCC2=O)C1. The van der Waals surface area contributed by atoms with Crippen molar-refractivity contribution in [1.82, 2.24) is 9.80 Å². The standard InChI is InChI=1S/C14H24N2O2S/c1-3-19-12-5-4-11(10-12)15(2)8-9-16-13(17)6-7-14(16)18/h11-12H,3-10H2,1-2H3/t11-,12-/m0/s1. The fourth-order valence-corrected chi connectivity index (χ4v) is 4.15. The maximum atomic E-state index is 11.5. The van der Waals surface area contributed by atoms with E-state index in [9.17, 15) is 9.59 Å². The molecule has 0 radical (unpaired) electrons. The zero-order valence-corrected chi connectivity index (χ0v) is 12.7. The molecule has 2 amide bonds. The second-order valence-electron chi connectivity index (χ2n) is 5.46. The Labute approximate surface area is 119 Å². The minimum Gasteiger partial charge on any atom is -0.302 e. The highest BCUT2D eigenvalue weighted by atomic mass is 32.2. The number of thioether (sulfide) groups is 1. The first-order valence-electron chi connectivity index (χ1n) is 7.26. The number of likely N-dealkylation sites (N-methyl/N-ethyl adjacent to an activating group) is 1. The van der Waals surface area contributed by atoms with E-state index in [2.05, 4.69) is 30.6 Å². The number of likely N-dealkylation sites (tertiary alicyclic amines) is 1.